The lowest BCUT2D eigenvalue weighted by atomic mass is 10.0. The van der Waals surface area contributed by atoms with Gasteiger partial charge in [-0.25, -0.2) is 0 Å². The smallest absolute Gasteiger partial charge is 0.122 e. The molecule has 0 aromatic heterocycles. The zero-order chi connectivity index (χ0) is 13.4. The topological polar surface area (TPSA) is 21.3 Å². The highest BCUT2D eigenvalue weighted by atomic mass is 16.5. The van der Waals surface area contributed by atoms with Crippen LogP contribution in [0, 0.1) is 18.8 Å². The fraction of sp³-hybridized carbons (Fsp3) is 0.500. The van der Waals surface area contributed by atoms with Crippen LogP contribution in [0.25, 0.3) is 0 Å². The van der Waals surface area contributed by atoms with E-state index in [1.54, 1.807) is 7.11 Å². The van der Waals surface area contributed by atoms with E-state index < -0.39 is 0 Å². The molecule has 2 nitrogen and oxygen atoms in total. The van der Waals surface area contributed by atoms with Crippen molar-refractivity contribution >= 4 is 0 Å². The Hall–Kier alpha value is -1.46. The fourth-order valence-electron chi connectivity index (χ4n) is 1.88. The molecular weight excluding hydrogens is 222 g/mol. The van der Waals surface area contributed by atoms with Gasteiger partial charge >= 0.3 is 0 Å². The summed E-state index contributed by atoms with van der Waals surface area (Å²) < 4.78 is 5.38. The lowest BCUT2D eigenvalue weighted by Gasteiger charge is -2.18. The van der Waals surface area contributed by atoms with Crippen molar-refractivity contribution in [1.29, 1.82) is 0 Å². The van der Waals surface area contributed by atoms with Gasteiger partial charge in [-0.15, -0.1) is 11.8 Å². The molecule has 1 aromatic carbocycles. The van der Waals surface area contributed by atoms with Crippen LogP contribution in [0.5, 0.6) is 5.75 Å². The SMILES string of the molecule is CC#CCC(NCCC)c1ccc(C)c(OC)c1. The maximum atomic E-state index is 5.38. The van der Waals surface area contributed by atoms with Gasteiger partial charge in [0.15, 0.2) is 0 Å². The molecule has 1 N–H and O–H groups in total. The molecular formula is C16H23NO. The van der Waals surface area contributed by atoms with Crippen molar-refractivity contribution < 1.29 is 4.74 Å². The summed E-state index contributed by atoms with van der Waals surface area (Å²) >= 11 is 0. The molecule has 0 spiro atoms. The molecule has 2 heteroatoms. The quantitative estimate of drug-likeness (QED) is 0.775. The summed E-state index contributed by atoms with van der Waals surface area (Å²) in [5.41, 5.74) is 2.41. The molecule has 0 saturated carbocycles. The van der Waals surface area contributed by atoms with E-state index in [-0.39, 0.29) is 6.04 Å². The number of hydrogen-bond donors (Lipinski definition) is 1. The number of aryl methyl sites for hydroxylation is 1. The summed E-state index contributed by atoms with van der Waals surface area (Å²) in [7, 11) is 1.71. The molecule has 0 aliphatic rings. The Bertz CT molecular complexity index is 428. The summed E-state index contributed by atoms with van der Waals surface area (Å²) in [6, 6.07) is 6.66. The molecule has 0 amide bonds. The Kier molecular flexibility index (Phi) is 6.32. The number of hydrogen-bond acceptors (Lipinski definition) is 2. The van der Waals surface area contributed by atoms with Gasteiger partial charge in [0.2, 0.25) is 0 Å². The standard InChI is InChI=1S/C16H23NO/c1-5-7-8-15(17-11-6-2)14-10-9-13(3)16(12-14)18-4/h9-10,12,15,17H,6,8,11H2,1-4H3. The highest BCUT2D eigenvalue weighted by Crippen LogP contribution is 2.24. The maximum Gasteiger partial charge on any atom is 0.122 e. The first-order chi connectivity index (χ1) is 8.72. The normalized spacial score (nSPS) is 11.6. The maximum absolute atomic E-state index is 5.38. The highest BCUT2D eigenvalue weighted by molar-refractivity contribution is 5.38. The zero-order valence-corrected chi connectivity index (χ0v) is 11.8. The molecule has 98 valence electrons. The first-order valence-electron chi connectivity index (χ1n) is 6.50. The van der Waals surface area contributed by atoms with Crippen LogP contribution in [0.15, 0.2) is 18.2 Å². The molecule has 0 saturated heterocycles. The summed E-state index contributed by atoms with van der Waals surface area (Å²) in [6.45, 7) is 7.12. The third kappa shape index (κ3) is 4.09. The first kappa shape index (κ1) is 14.6. The van der Waals surface area contributed by atoms with Crippen LogP contribution >= 0.6 is 0 Å². The van der Waals surface area contributed by atoms with Crippen LogP contribution in [0.4, 0.5) is 0 Å². The Balaban J connectivity index is 2.91. The van der Waals surface area contributed by atoms with Crippen LogP contribution in [0.3, 0.4) is 0 Å². The average molecular weight is 245 g/mol. The number of nitrogens with one attached hydrogen (secondary N) is 1. The third-order valence-electron chi connectivity index (χ3n) is 2.96. The van der Waals surface area contributed by atoms with Gasteiger partial charge in [-0.05, 0) is 44.0 Å². The van der Waals surface area contributed by atoms with Gasteiger partial charge in [0, 0.05) is 12.5 Å². The van der Waals surface area contributed by atoms with Crippen molar-refractivity contribution in [2.75, 3.05) is 13.7 Å². The van der Waals surface area contributed by atoms with Gasteiger partial charge in [0.1, 0.15) is 5.75 Å². The molecule has 0 fully saturated rings. The second-order valence-corrected chi connectivity index (χ2v) is 4.37. The van der Waals surface area contributed by atoms with Crippen LogP contribution in [-0.2, 0) is 0 Å². The summed E-state index contributed by atoms with van der Waals surface area (Å²) in [5.74, 6) is 7.06. The second kappa shape index (κ2) is 7.79. The lowest BCUT2D eigenvalue weighted by Crippen LogP contribution is -2.21. The zero-order valence-electron chi connectivity index (χ0n) is 11.8. The molecule has 1 unspecified atom stereocenters. The second-order valence-electron chi connectivity index (χ2n) is 4.37. The van der Waals surface area contributed by atoms with Crippen LogP contribution < -0.4 is 10.1 Å². The van der Waals surface area contributed by atoms with Gasteiger partial charge in [-0.3, -0.25) is 0 Å². The number of rotatable bonds is 6. The molecule has 1 rings (SSSR count). The van der Waals surface area contributed by atoms with E-state index in [4.69, 9.17) is 4.74 Å². The van der Waals surface area contributed by atoms with E-state index in [0.717, 1.165) is 30.7 Å². The Morgan fingerprint density at radius 2 is 2.17 bits per heavy atom. The van der Waals surface area contributed by atoms with Crippen LogP contribution in [0.2, 0.25) is 0 Å². The Morgan fingerprint density at radius 1 is 1.39 bits per heavy atom. The molecule has 0 bridgehead atoms. The minimum Gasteiger partial charge on any atom is -0.496 e. The van der Waals surface area contributed by atoms with E-state index in [9.17, 15) is 0 Å². The summed E-state index contributed by atoms with van der Waals surface area (Å²) in [5, 5.41) is 3.53. The van der Waals surface area contributed by atoms with Crippen molar-refractivity contribution in [3.05, 3.63) is 29.3 Å². The molecule has 1 atom stereocenters. The van der Waals surface area contributed by atoms with E-state index in [1.807, 2.05) is 6.92 Å². The Morgan fingerprint density at radius 3 is 2.78 bits per heavy atom. The lowest BCUT2D eigenvalue weighted by molar-refractivity contribution is 0.410. The van der Waals surface area contributed by atoms with Crippen molar-refractivity contribution in [2.45, 2.75) is 39.7 Å². The molecule has 1 aromatic rings. The largest absolute Gasteiger partial charge is 0.496 e. The summed E-state index contributed by atoms with van der Waals surface area (Å²) in [6.07, 6.45) is 1.96. The Labute approximate surface area is 111 Å². The van der Waals surface area contributed by atoms with E-state index in [0.29, 0.717) is 0 Å². The molecule has 0 heterocycles. The van der Waals surface area contributed by atoms with Gasteiger partial charge < -0.3 is 10.1 Å². The van der Waals surface area contributed by atoms with Crippen LogP contribution in [0.1, 0.15) is 43.9 Å². The number of benzene rings is 1. The molecule has 0 radical (unpaired) electrons. The minimum atomic E-state index is 0.284. The molecule has 0 aliphatic carbocycles. The molecule has 0 aliphatic heterocycles. The average Bonchev–Trinajstić information content (AvgIpc) is 2.40. The van der Waals surface area contributed by atoms with Crippen molar-refractivity contribution in [3.8, 4) is 17.6 Å². The van der Waals surface area contributed by atoms with E-state index in [2.05, 4.69) is 49.2 Å². The van der Waals surface area contributed by atoms with Crippen molar-refractivity contribution in [3.63, 3.8) is 0 Å². The van der Waals surface area contributed by atoms with E-state index in [1.165, 1.54) is 5.56 Å². The summed E-state index contributed by atoms with van der Waals surface area (Å²) in [4.78, 5) is 0. The van der Waals surface area contributed by atoms with E-state index >= 15 is 0 Å². The molecule has 18 heavy (non-hydrogen) atoms. The van der Waals surface area contributed by atoms with Crippen LogP contribution in [-0.4, -0.2) is 13.7 Å². The third-order valence-corrected chi connectivity index (χ3v) is 2.96. The predicted molar refractivity (Wildman–Crippen MR) is 76.8 cm³/mol. The first-order valence-corrected chi connectivity index (χ1v) is 6.50. The van der Waals surface area contributed by atoms with Gasteiger partial charge in [0.05, 0.1) is 7.11 Å². The highest BCUT2D eigenvalue weighted by Gasteiger charge is 2.11. The van der Waals surface area contributed by atoms with Gasteiger partial charge in [-0.1, -0.05) is 19.1 Å². The number of ether oxygens (including phenoxy) is 1. The van der Waals surface area contributed by atoms with Gasteiger partial charge in [-0.2, -0.15) is 0 Å². The fourth-order valence-corrected chi connectivity index (χ4v) is 1.88. The minimum absolute atomic E-state index is 0.284. The van der Waals surface area contributed by atoms with Gasteiger partial charge in [0.25, 0.3) is 0 Å². The van der Waals surface area contributed by atoms with Crippen molar-refractivity contribution in [1.82, 2.24) is 5.32 Å². The number of methoxy groups -OCH3 is 1. The predicted octanol–water partition coefficient (Wildman–Crippen LogP) is 3.46. The monoisotopic (exact) mass is 245 g/mol. The van der Waals surface area contributed by atoms with Crippen molar-refractivity contribution in [2.24, 2.45) is 0 Å².